The number of nitrogens with one attached hydrogen (secondary N) is 1. The van der Waals surface area contributed by atoms with Crippen molar-refractivity contribution in [3.8, 4) is 0 Å². The number of phosphoric ester groups is 1. The van der Waals surface area contributed by atoms with Crippen molar-refractivity contribution in [1.82, 2.24) is 39.0 Å². The molecule has 244 valence electrons. The van der Waals surface area contributed by atoms with Crippen molar-refractivity contribution in [1.29, 1.82) is 0 Å². The zero-order valence-corrected chi connectivity index (χ0v) is 25.4. The Bertz CT molecular complexity index is 1880. The quantitative estimate of drug-likeness (QED) is 0.139. The average Bonchev–Trinajstić information content (AvgIpc) is 3.74. The minimum atomic E-state index is -5.01. The fourth-order valence-corrected chi connectivity index (χ4v) is 7.96. The summed E-state index contributed by atoms with van der Waals surface area (Å²) in [5.74, 6) is -0.0796. The lowest BCUT2D eigenvalue weighted by Crippen LogP contribution is -2.34. The Morgan fingerprint density at radius 2 is 1.76 bits per heavy atom. The largest absolute Gasteiger partial charge is 0.469 e. The Morgan fingerprint density at radius 3 is 2.49 bits per heavy atom. The van der Waals surface area contributed by atoms with Crippen molar-refractivity contribution >= 4 is 49.3 Å². The number of nitrogens with zero attached hydrogens (tertiary/aromatic N) is 7. The molecule has 0 aliphatic carbocycles. The summed E-state index contributed by atoms with van der Waals surface area (Å²) in [5, 5.41) is 0. The number of nitrogens with two attached hydrogens (primary N) is 2. The van der Waals surface area contributed by atoms with Gasteiger partial charge in [-0.2, -0.15) is 4.98 Å². The van der Waals surface area contributed by atoms with Gasteiger partial charge in [-0.1, -0.05) is 0 Å². The zero-order chi connectivity index (χ0) is 32.3. The van der Waals surface area contributed by atoms with E-state index in [0.717, 1.165) is 6.33 Å². The van der Waals surface area contributed by atoms with Crippen LogP contribution >= 0.6 is 15.2 Å². The number of H-pyrrole nitrogens is 1. The van der Waals surface area contributed by atoms with E-state index in [0.29, 0.717) is 0 Å². The number of aromatic amines is 1. The summed E-state index contributed by atoms with van der Waals surface area (Å²) in [6.07, 6.45) is -3.08. The highest BCUT2D eigenvalue weighted by molar-refractivity contribution is 7.59. The molecule has 7 N–H and O–H groups in total. The highest BCUT2D eigenvalue weighted by atomic mass is 31.2. The van der Waals surface area contributed by atoms with E-state index in [2.05, 4.69) is 34.4 Å². The van der Waals surface area contributed by atoms with E-state index < -0.39 is 70.0 Å². The molecule has 6 rings (SSSR count). The Labute approximate surface area is 251 Å². The predicted octanol–water partition coefficient (Wildman–Crippen LogP) is 0.0643. The Hall–Kier alpha value is -3.39. The molecule has 0 aromatic carbocycles. The normalized spacial score (nSPS) is 28.7. The fraction of sp³-hybridized carbons (Fsp3) is 0.545. The first-order valence-electron chi connectivity index (χ1n) is 13.3. The monoisotopic (exact) mass is 674 g/mol. The molecule has 4 aromatic heterocycles. The topological polar surface area (TPSA) is 280 Å². The second-order valence-corrected chi connectivity index (χ2v) is 14.4. The summed E-state index contributed by atoms with van der Waals surface area (Å²) in [4.78, 5) is 53.4. The highest BCUT2D eigenvalue weighted by Gasteiger charge is 2.55. The van der Waals surface area contributed by atoms with E-state index in [1.807, 2.05) is 0 Å². The molecule has 2 saturated heterocycles. The number of fused-ring (bicyclic) bond motifs is 2. The maximum atomic E-state index is 16.3. The Kier molecular flexibility index (Phi) is 8.25. The third-order valence-corrected chi connectivity index (χ3v) is 10.5. The lowest BCUT2D eigenvalue weighted by molar-refractivity contribution is -0.0467. The molecule has 2 aliphatic heterocycles. The van der Waals surface area contributed by atoms with Gasteiger partial charge in [0.05, 0.1) is 38.1 Å². The second-order valence-electron chi connectivity index (χ2n) is 10.5. The van der Waals surface area contributed by atoms with Gasteiger partial charge in [0.15, 0.2) is 35.0 Å². The molecule has 23 heteroatoms. The standard InChI is InChI=1S/C22H29FN10O10P2/c1-39-9-3-12(32-7-29-15-19(32)30-22(25)31-20(15)34)42-10(9)4-40-44(2,35)16-11(5-41-45(36,37)38)43-21(13(16)23)33-8-28-14-17(24)26-6-27-18(14)33/h6-13,16,21H,3-5H2,1-2H3,(H2,24,26,27)(H2,36,37,38)(H3,25,30,31,34)/t9-,10+,11+,12+,13+,16+,21+,44?/m0/s1. The number of nitrogen functional groups attached to an aromatic ring is 2. The zero-order valence-electron chi connectivity index (χ0n) is 23.6. The van der Waals surface area contributed by atoms with Crippen LogP contribution in [0.2, 0.25) is 0 Å². The van der Waals surface area contributed by atoms with Crippen LogP contribution in [0, 0.1) is 0 Å². The number of methoxy groups -OCH3 is 1. The minimum absolute atomic E-state index is 0.0342. The third kappa shape index (κ3) is 5.98. The number of phosphoric acid groups is 1. The van der Waals surface area contributed by atoms with Gasteiger partial charge in [-0.25, -0.2) is 28.9 Å². The van der Waals surface area contributed by atoms with Crippen LogP contribution in [0.4, 0.5) is 16.2 Å². The molecule has 20 nitrogen and oxygen atoms in total. The summed E-state index contributed by atoms with van der Waals surface area (Å²) >= 11 is 0. The van der Waals surface area contributed by atoms with Crippen LogP contribution in [0.25, 0.3) is 22.3 Å². The van der Waals surface area contributed by atoms with Gasteiger partial charge in [0, 0.05) is 20.2 Å². The molecule has 8 atom stereocenters. The molecule has 0 radical (unpaired) electrons. The van der Waals surface area contributed by atoms with Crippen molar-refractivity contribution in [2.75, 3.05) is 38.5 Å². The lowest BCUT2D eigenvalue weighted by Gasteiger charge is -2.27. The van der Waals surface area contributed by atoms with E-state index in [1.165, 1.54) is 35.6 Å². The van der Waals surface area contributed by atoms with Gasteiger partial charge in [-0.3, -0.25) is 28.0 Å². The maximum Gasteiger partial charge on any atom is 0.469 e. The number of anilines is 2. The van der Waals surface area contributed by atoms with E-state index in [-0.39, 0.29) is 47.1 Å². The number of halogens is 1. The minimum Gasteiger partial charge on any atom is -0.382 e. The van der Waals surface area contributed by atoms with Gasteiger partial charge in [0.2, 0.25) is 13.3 Å². The molecule has 1 unspecified atom stereocenters. The van der Waals surface area contributed by atoms with Crippen molar-refractivity contribution in [3.05, 3.63) is 29.3 Å². The first-order valence-corrected chi connectivity index (χ1v) is 17.0. The number of hydrogen-bond donors (Lipinski definition) is 5. The van der Waals surface area contributed by atoms with Gasteiger partial charge >= 0.3 is 7.82 Å². The predicted molar refractivity (Wildman–Crippen MR) is 152 cm³/mol. The summed E-state index contributed by atoms with van der Waals surface area (Å²) in [6.45, 7) is 0.0506. The molecule has 45 heavy (non-hydrogen) atoms. The summed E-state index contributed by atoms with van der Waals surface area (Å²) in [7, 11) is -7.59. The molecule has 0 bridgehead atoms. The van der Waals surface area contributed by atoms with Crippen LogP contribution in [0.3, 0.4) is 0 Å². The van der Waals surface area contributed by atoms with E-state index in [4.69, 9.17) is 30.2 Å². The van der Waals surface area contributed by atoms with Gasteiger partial charge in [0.25, 0.3) is 5.56 Å². The van der Waals surface area contributed by atoms with Crippen LogP contribution in [0.1, 0.15) is 18.9 Å². The molecular weight excluding hydrogens is 645 g/mol. The van der Waals surface area contributed by atoms with Crippen LogP contribution in [-0.4, -0.2) is 106 Å². The number of alkyl halides is 1. The SMILES string of the molecule is CO[C@H]1C[C@H](n2cnc3c(=O)[nH]c(N)nc32)O[C@@H]1COP(C)(=O)[C@H]1[C@@H](F)[C@H](n2cnc3c(N)ncnc32)O[C@@H]1COP(=O)(O)O. The lowest BCUT2D eigenvalue weighted by atomic mass is 10.2. The third-order valence-electron chi connectivity index (χ3n) is 7.64. The molecule has 0 amide bonds. The van der Waals surface area contributed by atoms with Crippen molar-refractivity contribution in [2.45, 2.75) is 49.0 Å². The number of imidazole rings is 2. The molecule has 2 fully saturated rings. The fourth-order valence-electron chi connectivity index (χ4n) is 5.58. The van der Waals surface area contributed by atoms with Gasteiger partial charge < -0.3 is 40.0 Å². The number of aromatic nitrogens is 8. The molecule has 0 saturated carbocycles. The smallest absolute Gasteiger partial charge is 0.382 e. The van der Waals surface area contributed by atoms with Crippen LogP contribution < -0.4 is 17.0 Å². The number of rotatable bonds is 10. The van der Waals surface area contributed by atoms with Crippen molar-refractivity contribution in [3.63, 3.8) is 0 Å². The molecule has 6 heterocycles. The Morgan fingerprint density at radius 1 is 1.04 bits per heavy atom. The number of ether oxygens (including phenoxy) is 3. The summed E-state index contributed by atoms with van der Waals surface area (Å²) in [5.41, 5.74) is 9.99. The first-order chi connectivity index (χ1) is 21.3. The van der Waals surface area contributed by atoms with Crippen LogP contribution in [0.15, 0.2) is 23.8 Å². The van der Waals surface area contributed by atoms with Crippen molar-refractivity contribution < 1.29 is 46.6 Å². The first kappa shape index (κ1) is 31.6. The summed E-state index contributed by atoms with van der Waals surface area (Å²) < 4.78 is 72.4. The Balaban J connectivity index is 1.23. The van der Waals surface area contributed by atoms with Crippen LogP contribution in [0.5, 0.6) is 0 Å². The van der Waals surface area contributed by atoms with E-state index >= 15 is 4.39 Å². The van der Waals surface area contributed by atoms with Crippen molar-refractivity contribution in [2.24, 2.45) is 0 Å². The average molecular weight is 674 g/mol. The maximum absolute atomic E-state index is 16.3. The van der Waals surface area contributed by atoms with Gasteiger partial charge in [0.1, 0.15) is 29.8 Å². The second kappa shape index (κ2) is 11.8. The van der Waals surface area contributed by atoms with Gasteiger partial charge in [-0.15, -0.1) is 0 Å². The molecule has 0 spiro atoms. The van der Waals surface area contributed by atoms with Gasteiger partial charge in [-0.05, 0) is 0 Å². The number of hydrogen-bond acceptors (Lipinski definition) is 15. The molecule has 2 aliphatic rings. The molecule has 4 aromatic rings. The summed E-state index contributed by atoms with van der Waals surface area (Å²) in [6, 6.07) is 0. The van der Waals surface area contributed by atoms with E-state index in [1.54, 1.807) is 0 Å². The van der Waals surface area contributed by atoms with E-state index in [9.17, 15) is 23.7 Å². The highest BCUT2D eigenvalue weighted by Crippen LogP contribution is 2.58. The van der Waals surface area contributed by atoms with Crippen LogP contribution in [-0.2, 0) is 32.4 Å². The molecular formula is C22H29FN10O10P2.